The summed E-state index contributed by atoms with van der Waals surface area (Å²) in [6, 6.07) is 16.4. The summed E-state index contributed by atoms with van der Waals surface area (Å²) < 4.78 is 6.23. The number of nitrogens with one attached hydrogen (secondary N) is 1. The molecule has 2 aromatic carbocycles. The summed E-state index contributed by atoms with van der Waals surface area (Å²) in [5.41, 5.74) is 8.78. The molecule has 2 N–H and O–H groups in total. The van der Waals surface area contributed by atoms with E-state index in [1.807, 2.05) is 55.5 Å². The number of carbonyl (C=O) groups is 2. The molecule has 7 rings (SSSR count). The van der Waals surface area contributed by atoms with Crippen LogP contribution in [0.15, 0.2) is 65.3 Å². The Hall–Kier alpha value is -5.13. The van der Waals surface area contributed by atoms with Crippen molar-refractivity contribution in [2.75, 3.05) is 39.0 Å². The molecular formula is C37H39N7O4. The lowest BCUT2D eigenvalue weighted by Crippen LogP contribution is -2.34. The highest BCUT2D eigenvalue weighted by molar-refractivity contribution is 5.91. The number of oxazole rings is 1. The predicted octanol–water partition coefficient (Wildman–Crippen LogP) is 5.62. The van der Waals surface area contributed by atoms with Crippen molar-refractivity contribution in [1.29, 1.82) is 0 Å². The number of likely N-dealkylation sites (N-methyl/N-ethyl adjacent to an activating group) is 1. The molecule has 1 unspecified atom stereocenters. The van der Waals surface area contributed by atoms with Crippen molar-refractivity contribution in [3.05, 3.63) is 89.1 Å². The van der Waals surface area contributed by atoms with Crippen molar-refractivity contribution in [3.63, 3.8) is 0 Å². The molecule has 5 aromatic rings. The van der Waals surface area contributed by atoms with E-state index in [-0.39, 0.29) is 11.8 Å². The molecule has 48 heavy (non-hydrogen) atoms. The maximum Gasteiger partial charge on any atom is 0.307 e. The zero-order valence-corrected chi connectivity index (χ0v) is 27.7. The fourth-order valence-electron chi connectivity index (χ4n) is 6.77. The van der Waals surface area contributed by atoms with Gasteiger partial charge in [0.2, 0.25) is 11.8 Å². The first-order valence-corrected chi connectivity index (χ1v) is 16.2. The zero-order chi connectivity index (χ0) is 33.5. The number of anilines is 2. The van der Waals surface area contributed by atoms with Crippen molar-refractivity contribution in [2.45, 2.75) is 39.9 Å². The first-order valence-electron chi connectivity index (χ1n) is 16.2. The predicted molar refractivity (Wildman–Crippen MR) is 183 cm³/mol. The van der Waals surface area contributed by atoms with Gasteiger partial charge in [-0.2, -0.15) is 0 Å². The van der Waals surface area contributed by atoms with E-state index >= 15 is 0 Å². The van der Waals surface area contributed by atoms with Crippen LogP contribution in [-0.2, 0) is 29.2 Å². The smallest absolute Gasteiger partial charge is 0.307 e. The summed E-state index contributed by atoms with van der Waals surface area (Å²) in [5.74, 6) is 1.02. The van der Waals surface area contributed by atoms with Crippen LogP contribution in [0.25, 0.3) is 33.5 Å². The Kier molecular flexibility index (Phi) is 8.40. The van der Waals surface area contributed by atoms with Gasteiger partial charge in [0, 0.05) is 42.1 Å². The largest absolute Gasteiger partial charge is 0.481 e. The van der Waals surface area contributed by atoms with Gasteiger partial charge in [0.1, 0.15) is 17.0 Å². The van der Waals surface area contributed by atoms with E-state index in [1.165, 1.54) is 0 Å². The van der Waals surface area contributed by atoms with Crippen LogP contribution < -0.4 is 5.32 Å². The number of aliphatic carboxylic acids is 1. The first-order chi connectivity index (χ1) is 23.1. The zero-order valence-electron chi connectivity index (χ0n) is 27.7. The molecule has 0 saturated carbocycles. The molecule has 1 fully saturated rings. The number of aromatic nitrogens is 3. The molecule has 5 heterocycles. The van der Waals surface area contributed by atoms with Gasteiger partial charge in [0.15, 0.2) is 5.82 Å². The van der Waals surface area contributed by atoms with Gasteiger partial charge in [-0.25, -0.2) is 9.97 Å². The number of fused-ring (bicyclic) bond motifs is 2. The van der Waals surface area contributed by atoms with Gasteiger partial charge in [-0.15, -0.1) is 0 Å². The quantitative estimate of drug-likeness (QED) is 0.208. The Morgan fingerprint density at radius 3 is 2.54 bits per heavy atom. The summed E-state index contributed by atoms with van der Waals surface area (Å²) in [5, 5.41) is 13.9. The molecule has 1 atom stereocenters. The summed E-state index contributed by atoms with van der Waals surface area (Å²) in [7, 11) is 3.77. The van der Waals surface area contributed by atoms with E-state index in [2.05, 4.69) is 47.2 Å². The lowest BCUT2D eigenvalue weighted by molar-refractivity contribution is -0.141. The number of carboxylic acid groups (broad SMARTS) is 1. The molecule has 1 amide bonds. The highest BCUT2D eigenvalue weighted by Gasteiger charge is 2.30. The van der Waals surface area contributed by atoms with Crippen molar-refractivity contribution in [3.8, 4) is 22.6 Å². The fourth-order valence-corrected chi connectivity index (χ4v) is 6.77. The maximum absolute atomic E-state index is 12.6. The summed E-state index contributed by atoms with van der Waals surface area (Å²) in [6.07, 6.45) is 4.32. The topological polar surface area (TPSA) is 128 Å². The van der Waals surface area contributed by atoms with Crippen LogP contribution in [-0.4, -0.2) is 80.4 Å². The van der Waals surface area contributed by atoms with Gasteiger partial charge in [-0.1, -0.05) is 24.3 Å². The van der Waals surface area contributed by atoms with Crippen molar-refractivity contribution >= 4 is 34.3 Å². The average molecular weight is 646 g/mol. The number of carboxylic acids is 1. The van der Waals surface area contributed by atoms with Crippen LogP contribution in [0.5, 0.6) is 0 Å². The van der Waals surface area contributed by atoms with Crippen LogP contribution in [0.4, 0.5) is 11.5 Å². The minimum absolute atomic E-state index is 0.0610. The maximum atomic E-state index is 12.6. The number of nitrogens with zero attached hydrogens (tertiary/aromatic N) is 6. The van der Waals surface area contributed by atoms with E-state index in [0.717, 1.165) is 68.0 Å². The van der Waals surface area contributed by atoms with Gasteiger partial charge >= 0.3 is 5.97 Å². The van der Waals surface area contributed by atoms with Gasteiger partial charge < -0.3 is 24.6 Å². The van der Waals surface area contributed by atoms with Crippen LogP contribution >= 0.6 is 0 Å². The van der Waals surface area contributed by atoms with Gasteiger partial charge in [-0.3, -0.25) is 19.5 Å². The number of amides is 1. The van der Waals surface area contributed by atoms with E-state index in [4.69, 9.17) is 14.4 Å². The van der Waals surface area contributed by atoms with E-state index in [0.29, 0.717) is 50.9 Å². The Balaban J connectivity index is 1.11. The van der Waals surface area contributed by atoms with Crippen molar-refractivity contribution in [2.24, 2.45) is 5.92 Å². The lowest BCUT2D eigenvalue weighted by Gasteiger charge is -2.18. The number of carbonyl (C=O) groups excluding carboxylic acids is 1. The highest BCUT2D eigenvalue weighted by atomic mass is 16.4. The van der Waals surface area contributed by atoms with Crippen LogP contribution in [0.3, 0.4) is 0 Å². The second-order valence-corrected chi connectivity index (χ2v) is 13.1. The number of hydrogen-bond acceptors (Lipinski definition) is 9. The Morgan fingerprint density at radius 1 is 1.02 bits per heavy atom. The summed E-state index contributed by atoms with van der Waals surface area (Å²) >= 11 is 0. The van der Waals surface area contributed by atoms with Crippen molar-refractivity contribution in [1.82, 2.24) is 29.7 Å². The number of likely N-dealkylation sites (tertiary alicyclic amines) is 1. The third-order valence-electron chi connectivity index (χ3n) is 9.38. The van der Waals surface area contributed by atoms with Crippen LogP contribution in [0, 0.1) is 19.8 Å². The third-order valence-corrected chi connectivity index (χ3v) is 9.38. The normalized spacial score (nSPS) is 16.2. The Bertz CT molecular complexity index is 2010. The average Bonchev–Trinajstić information content (AvgIpc) is 3.78. The second kappa shape index (κ2) is 12.8. The first kappa shape index (κ1) is 31.5. The lowest BCUT2D eigenvalue weighted by atomic mass is 9.93. The Labute approximate surface area is 279 Å². The van der Waals surface area contributed by atoms with Gasteiger partial charge in [0.25, 0.3) is 0 Å². The minimum Gasteiger partial charge on any atom is -0.481 e. The molecular weight excluding hydrogens is 606 g/mol. The molecule has 1 saturated heterocycles. The van der Waals surface area contributed by atoms with Crippen molar-refractivity contribution < 1.29 is 19.1 Å². The SMILES string of the molecule is Cc1c(Nc2nccc3cc(CN4CCC(C(=O)O)C4)cnc23)cccc1-c1cccc(-c2nc3c(o2)CN(C(=O)CN(C)C)C3)c1C. The fraction of sp³-hybridized carbons (Fsp3) is 0.324. The second-order valence-electron chi connectivity index (χ2n) is 13.1. The summed E-state index contributed by atoms with van der Waals surface area (Å²) in [6.45, 7) is 7.44. The molecule has 11 nitrogen and oxygen atoms in total. The van der Waals surface area contributed by atoms with Gasteiger partial charge in [-0.05, 0) is 93.0 Å². The molecule has 246 valence electrons. The molecule has 2 aliphatic rings. The standard InChI is InChI=1S/C37H39N7O4/c1-22-27(7-5-9-29(22)36-41-31-19-44(20-32(31)48-36)33(45)21-42(3)4)28-8-6-10-30(23(28)2)40-35-34-25(11-13-38-35)15-24(16-39-34)17-43-14-12-26(18-43)37(46)47/h5-11,13,15-16,26H,12,14,17-21H2,1-4H3,(H,38,40)(H,46,47). The molecule has 2 aliphatic heterocycles. The number of hydrogen-bond donors (Lipinski definition) is 2. The third kappa shape index (κ3) is 6.14. The van der Waals surface area contributed by atoms with Crippen LogP contribution in [0.1, 0.15) is 34.6 Å². The molecule has 0 aliphatic carbocycles. The van der Waals surface area contributed by atoms with Crippen LogP contribution in [0.2, 0.25) is 0 Å². The van der Waals surface area contributed by atoms with E-state index in [1.54, 1.807) is 11.1 Å². The molecule has 0 spiro atoms. The monoisotopic (exact) mass is 645 g/mol. The molecule has 0 radical (unpaired) electrons. The van der Waals surface area contributed by atoms with E-state index in [9.17, 15) is 14.7 Å². The molecule has 0 bridgehead atoms. The molecule has 11 heteroatoms. The Morgan fingerprint density at radius 2 is 1.79 bits per heavy atom. The minimum atomic E-state index is -0.724. The van der Waals surface area contributed by atoms with Gasteiger partial charge in [0.05, 0.1) is 25.6 Å². The van der Waals surface area contributed by atoms with E-state index < -0.39 is 5.97 Å². The highest BCUT2D eigenvalue weighted by Crippen LogP contribution is 2.38. The molecule has 3 aromatic heterocycles. The summed E-state index contributed by atoms with van der Waals surface area (Å²) in [4.78, 5) is 44.0. The number of rotatable bonds is 9. The number of pyridine rings is 2. The number of benzene rings is 2.